The fourth-order valence-electron chi connectivity index (χ4n) is 1.96. The third-order valence-corrected chi connectivity index (χ3v) is 4.32. The summed E-state index contributed by atoms with van der Waals surface area (Å²) < 4.78 is 1.02. The Hall–Kier alpha value is -1.03. The van der Waals surface area contributed by atoms with Crippen molar-refractivity contribution in [1.29, 1.82) is 0 Å². The van der Waals surface area contributed by atoms with Crippen LogP contribution in [0.25, 0.3) is 0 Å². The average Bonchev–Trinajstić information content (AvgIpc) is 2.41. The molecule has 0 unspecified atom stereocenters. The molecule has 0 bridgehead atoms. The zero-order valence-electron chi connectivity index (χ0n) is 10.4. The minimum absolute atomic E-state index is 0.0938. The van der Waals surface area contributed by atoms with Crippen LogP contribution in [0.1, 0.15) is 21.5 Å². The van der Waals surface area contributed by atoms with Crippen LogP contribution < -0.4 is 0 Å². The molecule has 2 aromatic rings. The maximum absolute atomic E-state index is 11.3. The Bertz CT molecular complexity index is 639. The van der Waals surface area contributed by atoms with Gasteiger partial charge >= 0.3 is 5.97 Å². The summed E-state index contributed by atoms with van der Waals surface area (Å²) in [7, 11) is 0. The van der Waals surface area contributed by atoms with E-state index in [0.717, 1.165) is 16.5 Å². The summed E-state index contributed by atoms with van der Waals surface area (Å²) in [6.45, 7) is 0. The Morgan fingerprint density at radius 1 is 1.05 bits per heavy atom. The lowest BCUT2D eigenvalue weighted by molar-refractivity contribution is 0.0696. The van der Waals surface area contributed by atoms with Crippen LogP contribution in [0.15, 0.2) is 40.9 Å². The van der Waals surface area contributed by atoms with Crippen LogP contribution in [0.4, 0.5) is 0 Å². The maximum atomic E-state index is 11.3. The molecule has 0 spiro atoms. The van der Waals surface area contributed by atoms with Gasteiger partial charge in [-0.2, -0.15) is 0 Å². The molecule has 104 valence electrons. The van der Waals surface area contributed by atoms with E-state index in [9.17, 15) is 9.90 Å². The second-order valence-electron chi connectivity index (χ2n) is 4.33. The Balaban J connectivity index is 2.23. The number of hydrogen-bond donors (Lipinski definition) is 1. The number of halogens is 3. The number of aromatic carboxylic acids is 1. The molecular weight excluding hydrogens is 363 g/mol. The minimum atomic E-state index is -1.05. The lowest BCUT2D eigenvalue weighted by atomic mass is 10.00. The van der Waals surface area contributed by atoms with Gasteiger partial charge < -0.3 is 5.11 Å². The molecule has 2 nitrogen and oxygen atoms in total. The van der Waals surface area contributed by atoms with Crippen LogP contribution in [0.3, 0.4) is 0 Å². The highest BCUT2D eigenvalue weighted by Crippen LogP contribution is 2.29. The smallest absolute Gasteiger partial charge is 0.337 e. The second-order valence-corrected chi connectivity index (χ2v) is 6.03. The molecule has 1 N–H and O–H groups in total. The SMILES string of the molecule is O=C(O)c1c(CCc2ccc(Br)cc2)ccc(Cl)c1Cl. The fraction of sp³-hybridized carbons (Fsp3) is 0.133. The standard InChI is InChI=1S/C15H11BrCl2O2/c16-11-6-2-9(3-7-11)1-4-10-5-8-12(17)14(18)13(10)15(19)20/h2-3,5-8H,1,4H2,(H,19,20). The van der Waals surface area contributed by atoms with Crippen molar-refractivity contribution in [2.24, 2.45) is 0 Å². The molecule has 0 fully saturated rings. The van der Waals surface area contributed by atoms with Crippen molar-refractivity contribution in [2.75, 3.05) is 0 Å². The number of carboxylic acid groups (broad SMARTS) is 1. The van der Waals surface area contributed by atoms with Gasteiger partial charge in [-0.1, -0.05) is 57.3 Å². The van der Waals surface area contributed by atoms with Crippen molar-refractivity contribution in [1.82, 2.24) is 0 Å². The van der Waals surface area contributed by atoms with E-state index in [-0.39, 0.29) is 15.6 Å². The predicted octanol–water partition coefficient (Wildman–Crippen LogP) is 5.24. The van der Waals surface area contributed by atoms with Gasteiger partial charge in [-0.15, -0.1) is 0 Å². The van der Waals surface area contributed by atoms with Crippen molar-refractivity contribution in [2.45, 2.75) is 12.8 Å². The number of rotatable bonds is 4. The molecular formula is C15H11BrCl2O2. The van der Waals surface area contributed by atoms with Gasteiger partial charge in [0.2, 0.25) is 0 Å². The van der Waals surface area contributed by atoms with Gasteiger partial charge in [0.05, 0.1) is 15.6 Å². The molecule has 20 heavy (non-hydrogen) atoms. The van der Waals surface area contributed by atoms with Crippen LogP contribution in [-0.2, 0) is 12.8 Å². The first-order valence-corrected chi connectivity index (χ1v) is 7.48. The van der Waals surface area contributed by atoms with Gasteiger partial charge in [-0.25, -0.2) is 4.79 Å². The van der Waals surface area contributed by atoms with Gasteiger partial charge in [0.15, 0.2) is 0 Å². The van der Waals surface area contributed by atoms with Crippen molar-refractivity contribution >= 4 is 45.1 Å². The molecule has 0 aliphatic carbocycles. The van der Waals surface area contributed by atoms with E-state index < -0.39 is 5.97 Å². The number of hydrogen-bond acceptors (Lipinski definition) is 1. The summed E-state index contributed by atoms with van der Waals surface area (Å²) in [6.07, 6.45) is 1.34. The summed E-state index contributed by atoms with van der Waals surface area (Å²) in [6, 6.07) is 11.3. The highest BCUT2D eigenvalue weighted by atomic mass is 79.9. The summed E-state index contributed by atoms with van der Waals surface area (Å²) >= 11 is 15.2. The lowest BCUT2D eigenvalue weighted by Crippen LogP contribution is -2.05. The Morgan fingerprint density at radius 2 is 1.70 bits per heavy atom. The van der Waals surface area contributed by atoms with Crippen LogP contribution in [-0.4, -0.2) is 11.1 Å². The van der Waals surface area contributed by atoms with Gasteiger partial charge in [0, 0.05) is 4.47 Å². The predicted molar refractivity (Wildman–Crippen MR) is 85.0 cm³/mol. The van der Waals surface area contributed by atoms with E-state index in [4.69, 9.17) is 23.2 Å². The first kappa shape index (κ1) is 15.4. The van der Waals surface area contributed by atoms with Crippen LogP contribution in [0.5, 0.6) is 0 Å². The molecule has 0 atom stereocenters. The molecule has 2 rings (SSSR count). The van der Waals surface area contributed by atoms with E-state index in [1.165, 1.54) is 0 Å². The van der Waals surface area contributed by atoms with Crippen LogP contribution in [0.2, 0.25) is 10.0 Å². The molecule has 0 amide bonds. The van der Waals surface area contributed by atoms with E-state index in [1.807, 2.05) is 24.3 Å². The van der Waals surface area contributed by atoms with E-state index >= 15 is 0 Å². The summed E-state index contributed by atoms with van der Waals surface area (Å²) in [5, 5.41) is 9.62. The molecule has 0 aliphatic rings. The summed E-state index contributed by atoms with van der Waals surface area (Å²) in [4.78, 5) is 11.3. The fourth-order valence-corrected chi connectivity index (χ4v) is 2.65. The average molecular weight is 374 g/mol. The third kappa shape index (κ3) is 3.54. The van der Waals surface area contributed by atoms with E-state index in [1.54, 1.807) is 12.1 Å². The molecule has 0 heterocycles. The first-order chi connectivity index (χ1) is 9.49. The largest absolute Gasteiger partial charge is 0.478 e. The number of carbonyl (C=O) groups is 1. The second kappa shape index (κ2) is 6.61. The zero-order valence-corrected chi connectivity index (χ0v) is 13.5. The van der Waals surface area contributed by atoms with Gasteiger partial charge in [-0.3, -0.25) is 0 Å². The normalized spacial score (nSPS) is 10.6. The molecule has 0 saturated heterocycles. The summed E-state index contributed by atoms with van der Waals surface area (Å²) in [5.41, 5.74) is 1.92. The topological polar surface area (TPSA) is 37.3 Å². The number of carboxylic acids is 1. The van der Waals surface area contributed by atoms with Crippen molar-refractivity contribution in [3.63, 3.8) is 0 Å². The van der Waals surface area contributed by atoms with Gasteiger partial charge in [-0.05, 0) is 42.2 Å². The Labute approximate surface area is 135 Å². The molecule has 0 aliphatic heterocycles. The Morgan fingerprint density at radius 3 is 2.30 bits per heavy atom. The third-order valence-electron chi connectivity index (χ3n) is 2.99. The van der Waals surface area contributed by atoms with Crippen molar-refractivity contribution in [3.8, 4) is 0 Å². The molecule has 0 saturated carbocycles. The van der Waals surface area contributed by atoms with E-state index in [2.05, 4.69) is 15.9 Å². The molecule has 5 heteroatoms. The highest BCUT2D eigenvalue weighted by Gasteiger charge is 2.17. The maximum Gasteiger partial charge on any atom is 0.337 e. The highest BCUT2D eigenvalue weighted by molar-refractivity contribution is 9.10. The van der Waals surface area contributed by atoms with Crippen molar-refractivity contribution in [3.05, 3.63) is 67.6 Å². The van der Waals surface area contributed by atoms with E-state index in [0.29, 0.717) is 12.0 Å². The molecule has 0 aromatic heterocycles. The van der Waals surface area contributed by atoms with Gasteiger partial charge in [0.25, 0.3) is 0 Å². The minimum Gasteiger partial charge on any atom is -0.478 e. The van der Waals surface area contributed by atoms with Crippen molar-refractivity contribution < 1.29 is 9.90 Å². The first-order valence-electron chi connectivity index (χ1n) is 5.93. The number of aryl methyl sites for hydroxylation is 2. The lowest BCUT2D eigenvalue weighted by Gasteiger charge is -2.09. The van der Waals surface area contributed by atoms with Crippen LogP contribution in [0, 0.1) is 0 Å². The Kier molecular flexibility index (Phi) is 5.08. The van der Waals surface area contributed by atoms with Crippen LogP contribution >= 0.6 is 39.1 Å². The monoisotopic (exact) mass is 372 g/mol. The zero-order chi connectivity index (χ0) is 14.7. The summed E-state index contributed by atoms with van der Waals surface area (Å²) in [5.74, 6) is -1.05. The molecule has 0 radical (unpaired) electrons. The molecule has 2 aromatic carbocycles. The van der Waals surface area contributed by atoms with Gasteiger partial charge in [0.1, 0.15) is 0 Å². The number of benzene rings is 2. The quantitative estimate of drug-likeness (QED) is 0.795.